The first-order valence-corrected chi connectivity index (χ1v) is 13.3. The van der Waals surface area contributed by atoms with Gasteiger partial charge in [-0.1, -0.05) is 12.8 Å². The molecule has 0 aromatic carbocycles. The SMILES string of the molecule is Cc1nc(C(F)(F)F)ccc1C(=O)NC(CC1CC1)C1CCC(S(=O)(=O)CC2CC2)CC1. The first-order valence-electron chi connectivity index (χ1n) is 11.6. The van der Waals surface area contributed by atoms with Crippen LogP contribution in [0.25, 0.3) is 0 Å². The van der Waals surface area contributed by atoms with Crippen molar-refractivity contribution in [2.24, 2.45) is 17.8 Å². The quantitative estimate of drug-likeness (QED) is 0.596. The number of carbonyl (C=O) groups is 1. The van der Waals surface area contributed by atoms with Crippen LogP contribution in [-0.4, -0.2) is 36.4 Å². The number of hydrogen-bond donors (Lipinski definition) is 1. The summed E-state index contributed by atoms with van der Waals surface area (Å²) in [5, 5.41) is 2.78. The Balaban J connectivity index is 1.40. The van der Waals surface area contributed by atoms with Gasteiger partial charge in [0.25, 0.3) is 5.91 Å². The molecule has 3 aliphatic rings. The van der Waals surface area contributed by atoms with Crippen LogP contribution >= 0.6 is 0 Å². The van der Waals surface area contributed by atoms with Gasteiger partial charge in [0.1, 0.15) is 5.69 Å². The fourth-order valence-corrected chi connectivity index (χ4v) is 7.14. The topological polar surface area (TPSA) is 76.1 Å². The van der Waals surface area contributed by atoms with Gasteiger partial charge in [-0.3, -0.25) is 4.79 Å². The van der Waals surface area contributed by atoms with Crippen LogP contribution in [0.2, 0.25) is 0 Å². The maximum Gasteiger partial charge on any atom is 0.433 e. The van der Waals surface area contributed by atoms with Gasteiger partial charge in [-0.25, -0.2) is 13.4 Å². The van der Waals surface area contributed by atoms with E-state index in [-0.39, 0.29) is 28.5 Å². The first-order chi connectivity index (χ1) is 15.0. The van der Waals surface area contributed by atoms with Crippen LogP contribution in [0.1, 0.15) is 79.5 Å². The number of aryl methyl sites for hydroxylation is 1. The van der Waals surface area contributed by atoms with E-state index < -0.39 is 27.6 Å². The van der Waals surface area contributed by atoms with E-state index in [1.54, 1.807) is 0 Å². The number of nitrogens with one attached hydrogen (secondary N) is 1. The Morgan fingerprint density at radius 2 is 1.69 bits per heavy atom. The molecule has 5 nitrogen and oxygen atoms in total. The highest BCUT2D eigenvalue weighted by Crippen LogP contribution is 2.40. The summed E-state index contributed by atoms with van der Waals surface area (Å²) in [5.74, 6) is 1.00. The predicted octanol–water partition coefficient (Wildman–Crippen LogP) is 4.69. The molecule has 1 amide bonds. The highest BCUT2D eigenvalue weighted by Gasteiger charge is 2.39. The van der Waals surface area contributed by atoms with Crippen molar-refractivity contribution in [3.05, 3.63) is 29.1 Å². The second kappa shape index (κ2) is 8.95. The fraction of sp³-hybridized carbons (Fsp3) is 0.739. The van der Waals surface area contributed by atoms with Crippen LogP contribution in [0.15, 0.2) is 12.1 Å². The van der Waals surface area contributed by atoms with E-state index in [9.17, 15) is 26.4 Å². The van der Waals surface area contributed by atoms with Gasteiger partial charge >= 0.3 is 6.18 Å². The zero-order valence-corrected chi connectivity index (χ0v) is 19.1. The standard InChI is InChI=1S/C23H31F3N2O3S/c1-14-19(10-11-21(27-14)23(24,25)26)22(29)28-20(12-15-2-3-15)17-6-8-18(9-7-17)32(30,31)13-16-4-5-16/h10-11,15-18,20H,2-9,12-13H2,1H3,(H,28,29). The summed E-state index contributed by atoms with van der Waals surface area (Å²) in [5.41, 5.74) is -0.802. The number of aromatic nitrogens is 1. The van der Waals surface area contributed by atoms with E-state index in [4.69, 9.17) is 0 Å². The van der Waals surface area contributed by atoms with Crippen LogP contribution in [-0.2, 0) is 16.0 Å². The van der Waals surface area contributed by atoms with E-state index in [1.165, 1.54) is 13.0 Å². The summed E-state index contributed by atoms with van der Waals surface area (Å²) in [6.07, 6.45) is 3.30. The van der Waals surface area contributed by atoms with Crippen LogP contribution in [0.4, 0.5) is 13.2 Å². The van der Waals surface area contributed by atoms with Crippen molar-refractivity contribution in [2.45, 2.75) is 82.2 Å². The zero-order chi connectivity index (χ0) is 23.1. The molecule has 1 unspecified atom stereocenters. The second-order valence-electron chi connectivity index (χ2n) is 9.90. The number of amides is 1. The summed E-state index contributed by atoms with van der Waals surface area (Å²) in [6.45, 7) is 1.41. The van der Waals surface area contributed by atoms with Gasteiger partial charge in [0.2, 0.25) is 0 Å². The van der Waals surface area contributed by atoms with E-state index in [2.05, 4.69) is 10.3 Å². The highest BCUT2D eigenvalue weighted by molar-refractivity contribution is 7.92. The van der Waals surface area contributed by atoms with Gasteiger partial charge < -0.3 is 5.32 Å². The minimum atomic E-state index is -4.55. The lowest BCUT2D eigenvalue weighted by Gasteiger charge is -2.34. The summed E-state index contributed by atoms with van der Waals surface area (Å²) < 4.78 is 63.9. The summed E-state index contributed by atoms with van der Waals surface area (Å²) in [7, 11) is -3.06. The molecule has 0 radical (unpaired) electrons. The molecule has 4 rings (SSSR count). The van der Waals surface area contributed by atoms with Crippen molar-refractivity contribution in [3.8, 4) is 0 Å². The Morgan fingerprint density at radius 1 is 1.06 bits per heavy atom. The van der Waals surface area contributed by atoms with Crippen molar-refractivity contribution in [3.63, 3.8) is 0 Å². The minimum Gasteiger partial charge on any atom is -0.349 e. The molecule has 1 aromatic rings. The van der Waals surface area contributed by atoms with Gasteiger partial charge in [-0.15, -0.1) is 0 Å². The molecule has 32 heavy (non-hydrogen) atoms. The molecule has 1 heterocycles. The molecule has 9 heteroatoms. The third kappa shape index (κ3) is 5.83. The van der Waals surface area contributed by atoms with Crippen LogP contribution in [0.5, 0.6) is 0 Å². The van der Waals surface area contributed by atoms with Crippen molar-refractivity contribution >= 4 is 15.7 Å². The normalized spacial score (nSPS) is 25.4. The van der Waals surface area contributed by atoms with Crippen LogP contribution < -0.4 is 5.32 Å². The summed E-state index contributed by atoms with van der Waals surface area (Å²) in [4.78, 5) is 16.5. The largest absolute Gasteiger partial charge is 0.433 e. The smallest absolute Gasteiger partial charge is 0.349 e. The average molecular weight is 473 g/mol. The number of hydrogen-bond acceptors (Lipinski definition) is 4. The van der Waals surface area contributed by atoms with Crippen molar-refractivity contribution < 1.29 is 26.4 Å². The third-order valence-corrected chi connectivity index (χ3v) is 9.61. The Bertz CT molecular complexity index is 948. The predicted molar refractivity (Wildman–Crippen MR) is 115 cm³/mol. The van der Waals surface area contributed by atoms with E-state index >= 15 is 0 Å². The third-order valence-electron chi connectivity index (χ3n) is 7.18. The average Bonchev–Trinajstić information content (AvgIpc) is 3.64. The molecular weight excluding hydrogens is 441 g/mol. The monoisotopic (exact) mass is 472 g/mol. The molecule has 0 aliphatic heterocycles. The first kappa shape index (κ1) is 23.5. The molecule has 0 spiro atoms. The Hall–Kier alpha value is -1.64. The number of nitrogens with zero attached hydrogens (tertiary/aromatic N) is 1. The van der Waals surface area contributed by atoms with Gasteiger partial charge in [0.05, 0.1) is 22.3 Å². The van der Waals surface area contributed by atoms with Crippen molar-refractivity contribution in [1.29, 1.82) is 0 Å². The molecule has 3 aliphatic carbocycles. The van der Waals surface area contributed by atoms with E-state index in [0.717, 1.165) is 51.0 Å². The second-order valence-corrected chi connectivity index (χ2v) is 12.2. The number of pyridine rings is 1. The Morgan fingerprint density at radius 3 is 2.22 bits per heavy atom. The number of alkyl halides is 3. The number of sulfone groups is 1. The lowest BCUT2D eigenvalue weighted by atomic mass is 9.81. The van der Waals surface area contributed by atoms with Gasteiger partial charge in [-0.2, -0.15) is 13.2 Å². The Kier molecular flexibility index (Phi) is 6.58. The number of halogens is 3. The molecule has 1 aromatic heterocycles. The lowest BCUT2D eigenvalue weighted by molar-refractivity contribution is -0.141. The molecule has 0 bridgehead atoms. The van der Waals surface area contributed by atoms with Gasteiger partial charge in [-0.05, 0) is 81.8 Å². The summed E-state index contributed by atoms with van der Waals surface area (Å²) >= 11 is 0. The molecule has 0 saturated heterocycles. The zero-order valence-electron chi connectivity index (χ0n) is 18.3. The van der Waals surface area contributed by atoms with Crippen molar-refractivity contribution in [1.82, 2.24) is 10.3 Å². The molecule has 178 valence electrons. The fourth-order valence-electron chi connectivity index (χ4n) is 4.89. The lowest BCUT2D eigenvalue weighted by Crippen LogP contribution is -2.43. The van der Waals surface area contributed by atoms with Gasteiger partial charge in [0, 0.05) is 6.04 Å². The molecule has 3 fully saturated rings. The molecular formula is C23H31F3N2O3S. The minimum absolute atomic E-state index is 0.0531. The van der Waals surface area contributed by atoms with Crippen LogP contribution in [0, 0.1) is 24.7 Å². The highest BCUT2D eigenvalue weighted by atomic mass is 32.2. The molecule has 1 N–H and O–H groups in total. The van der Waals surface area contributed by atoms with E-state index in [1.807, 2.05) is 0 Å². The van der Waals surface area contributed by atoms with Gasteiger partial charge in [0.15, 0.2) is 9.84 Å². The summed E-state index contributed by atoms with van der Waals surface area (Å²) in [6, 6.07) is 1.94. The van der Waals surface area contributed by atoms with Crippen LogP contribution in [0.3, 0.4) is 0 Å². The van der Waals surface area contributed by atoms with Crippen molar-refractivity contribution in [2.75, 3.05) is 5.75 Å². The molecule has 3 saturated carbocycles. The Labute approximate surface area is 187 Å². The number of carbonyl (C=O) groups excluding carboxylic acids is 1. The van der Waals surface area contributed by atoms with E-state index in [0.29, 0.717) is 30.4 Å². The number of rotatable bonds is 8. The maximum absolute atomic E-state index is 12.9. The maximum atomic E-state index is 12.9. The molecule has 1 atom stereocenters.